The lowest BCUT2D eigenvalue weighted by Crippen LogP contribution is -2.13. The molecule has 0 atom stereocenters. The fourth-order valence-corrected chi connectivity index (χ4v) is 4.33. The van der Waals surface area contributed by atoms with Crippen LogP contribution in [0.4, 0.5) is 10.1 Å². The summed E-state index contributed by atoms with van der Waals surface area (Å²) < 4.78 is 14.3. The Morgan fingerprint density at radius 1 is 1.04 bits per heavy atom. The standard InChI is InChI=1S/C22H23FN2S/c23-21-12-20(25-14-26)13-24-22(21)19-9-7-18(8-10-19)17-5-3-16(4-6-17)11-15-1-2-15/h7-10,12-13,15-17H,1-6,11H2. The SMILES string of the molecule is Fc1cc(N=C=S)cnc1-c1ccc(C2CCC(CC3CC3)CC2)cc1. The molecule has 0 aliphatic heterocycles. The second-order valence-electron chi connectivity index (χ2n) is 7.75. The zero-order valence-corrected chi connectivity index (χ0v) is 15.6. The van der Waals surface area contributed by atoms with Crippen LogP contribution in [0.25, 0.3) is 11.3 Å². The molecule has 134 valence electrons. The monoisotopic (exact) mass is 366 g/mol. The van der Waals surface area contributed by atoms with Crippen LogP contribution in [0.3, 0.4) is 0 Å². The Morgan fingerprint density at radius 3 is 2.27 bits per heavy atom. The first-order valence-electron chi connectivity index (χ1n) is 9.56. The number of hydrogen-bond donors (Lipinski definition) is 0. The lowest BCUT2D eigenvalue weighted by molar-refractivity contribution is 0.299. The quantitative estimate of drug-likeness (QED) is 0.435. The third-order valence-electron chi connectivity index (χ3n) is 5.87. The van der Waals surface area contributed by atoms with Crippen molar-refractivity contribution in [1.29, 1.82) is 0 Å². The first-order chi connectivity index (χ1) is 12.7. The second-order valence-corrected chi connectivity index (χ2v) is 7.93. The first-order valence-corrected chi connectivity index (χ1v) is 9.97. The number of thiocarbonyl (C=S) groups is 1. The van der Waals surface area contributed by atoms with Crippen molar-refractivity contribution < 1.29 is 4.39 Å². The summed E-state index contributed by atoms with van der Waals surface area (Å²) in [5, 5.41) is 2.23. The van der Waals surface area contributed by atoms with Crippen molar-refractivity contribution in [3.8, 4) is 11.3 Å². The molecule has 0 saturated heterocycles. The van der Waals surface area contributed by atoms with Gasteiger partial charge >= 0.3 is 0 Å². The summed E-state index contributed by atoms with van der Waals surface area (Å²) in [7, 11) is 0. The number of hydrogen-bond acceptors (Lipinski definition) is 3. The van der Waals surface area contributed by atoms with Crippen LogP contribution in [0.15, 0.2) is 41.5 Å². The van der Waals surface area contributed by atoms with Gasteiger partial charge in [-0.15, -0.1) is 0 Å². The van der Waals surface area contributed by atoms with E-state index in [0.29, 0.717) is 17.3 Å². The van der Waals surface area contributed by atoms with Crippen LogP contribution in [-0.2, 0) is 0 Å². The Kier molecular flexibility index (Phi) is 5.23. The number of aliphatic imine (C=N–C) groups is 1. The molecule has 26 heavy (non-hydrogen) atoms. The van der Waals surface area contributed by atoms with E-state index < -0.39 is 0 Å². The minimum absolute atomic E-state index is 0.355. The van der Waals surface area contributed by atoms with Crippen molar-refractivity contribution in [2.75, 3.05) is 0 Å². The van der Waals surface area contributed by atoms with E-state index in [2.05, 4.69) is 39.5 Å². The lowest BCUT2D eigenvalue weighted by Gasteiger charge is -2.29. The van der Waals surface area contributed by atoms with Crippen LogP contribution < -0.4 is 0 Å². The number of aromatic nitrogens is 1. The Bertz CT molecular complexity index is 815. The second kappa shape index (κ2) is 7.77. The summed E-state index contributed by atoms with van der Waals surface area (Å²) >= 11 is 4.54. The molecule has 2 nitrogen and oxygen atoms in total. The predicted molar refractivity (Wildman–Crippen MR) is 106 cm³/mol. The Morgan fingerprint density at radius 2 is 1.69 bits per heavy atom. The molecule has 4 heteroatoms. The normalized spacial score (nSPS) is 22.7. The zero-order chi connectivity index (χ0) is 17.9. The molecule has 0 amide bonds. The summed E-state index contributed by atoms with van der Waals surface area (Å²) in [6.07, 6.45) is 11.2. The minimum Gasteiger partial charge on any atom is -0.251 e. The largest absolute Gasteiger partial charge is 0.251 e. The van der Waals surface area contributed by atoms with Crippen molar-refractivity contribution in [3.05, 3.63) is 47.9 Å². The van der Waals surface area contributed by atoms with Crippen LogP contribution in [0.2, 0.25) is 0 Å². The molecule has 2 aliphatic carbocycles. The highest BCUT2D eigenvalue weighted by molar-refractivity contribution is 7.78. The van der Waals surface area contributed by atoms with Gasteiger partial charge in [-0.1, -0.05) is 37.1 Å². The van der Waals surface area contributed by atoms with Gasteiger partial charge < -0.3 is 0 Å². The van der Waals surface area contributed by atoms with Crippen LogP contribution >= 0.6 is 12.2 Å². The highest BCUT2D eigenvalue weighted by Crippen LogP contribution is 2.43. The Hall–Kier alpha value is -1.90. The topological polar surface area (TPSA) is 25.2 Å². The number of halogens is 1. The van der Waals surface area contributed by atoms with Crippen molar-refractivity contribution in [1.82, 2.24) is 4.98 Å². The molecule has 0 N–H and O–H groups in total. The fourth-order valence-electron chi connectivity index (χ4n) is 4.22. The summed E-state index contributed by atoms with van der Waals surface area (Å²) in [6.45, 7) is 0. The molecule has 0 unspecified atom stereocenters. The number of pyridine rings is 1. The molecule has 2 fully saturated rings. The average molecular weight is 367 g/mol. The zero-order valence-electron chi connectivity index (χ0n) is 14.8. The molecular formula is C22H23FN2S. The maximum Gasteiger partial charge on any atom is 0.151 e. The van der Waals surface area contributed by atoms with Gasteiger partial charge in [-0.05, 0) is 67.6 Å². The third-order valence-corrected chi connectivity index (χ3v) is 5.96. The number of benzene rings is 1. The highest BCUT2D eigenvalue weighted by atomic mass is 32.1. The molecule has 2 aromatic rings. The van der Waals surface area contributed by atoms with Crippen molar-refractivity contribution in [2.24, 2.45) is 16.8 Å². The molecule has 0 radical (unpaired) electrons. The number of rotatable bonds is 5. The number of isothiocyanates is 1. The van der Waals surface area contributed by atoms with Gasteiger partial charge in [-0.3, -0.25) is 4.98 Å². The van der Waals surface area contributed by atoms with Crippen LogP contribution in [0, 0.1) is 17.7 Å². The lowest BCUT2D eigenvalue weighted by atomic mass is 9.77. The maximum absolute atomic E-state index is 14.3. The van der Waals surface area contributed by atoms with E-state index in [9.17, 15) is 4.39 Å². The van der Waals surface area contributed by atoms with E-state index >= 15 is 0 Å². The van der Waals surface area contributed by atoms with Gasteiger partial charge in [0.2, 0.25) is 0 Å². The van der Waals surface area contributed by atoms with Crippen molar-refractivity contribution in [3.63, 3.8) is 0 Å². The smallest absolute Gasteiger partial charge is 0.151 e. The van der Waals surface area contributed by atoms with Crippen LogP contribution in [0.1, 0.15) is 56.4 Å². The van der Waals surface area contributed by atoms with E-state index in [1.165, 1.54) is 62.8 Å². The molecule has 2 saturated carbocycles. The van der Waals surface area contributed by atoms with E-state index in [4.69, 9.17) is 0 Å². The van der Waals surface area contributed by atoms with Gasteiger partial charge in [0, 0.05) is 11.6 Å². The van der Waals surface area contributed by atoms with Gasteiger partial charge in [0.25, 0.3) is 0 Å². The fraction of sp³-hybridized carbons (Fsp3) is 0.455. The predicted octanol–water partition coefficient (Wildman–Crippen LogP) is 6.70. The molecular weight excluding hydrogens is 343 g/mol. The van der Waals surface area contributed by atoms with E-state index in [0.717, 1.165) is 17.4 Å². The molecule has 1 aromatic heterocycles. The summed E-state index contributed by atoms with van der Waals surface area (Å²) in [5.74, 6) is 2.26. The highest BCUT2D eigenvalue weighted by Gasteiger charge is 2.29. The molecule has 2 aliphatic rings. The molecule has 4 rings (SSSR count). The van der Waals surface area contributed by atoms with E-state index in [1.54, 1.807) is 0 Å². The van der Waals surface area contributed by atoms with Gasteiger partial charge in [0.1, 0.15) is 5.69 Å². The first kappa shape index (κ1) is 17.5. The van der Waals surface area contributed by atoms with Gasteiger partial charge in [-0.2, -0.15) is 4.99 Å². The molecule has 0 spiro atoms. The summed E-state index contributed by atoms with van der Waals surface area (Å²) in [6, 6.07) is 9.60. The Balaban J connectivity index is 1.43. The number of nitrogens with zero attached hydrogens (tertiary/aromatic N) is 2. The summed E-state index contributed by atoms with van der Waals surface area (Å²) in [5.41, 5.74) is 2.92. The van der Waals surface area contributed by atoms with Gasteiger partial charge in [-0.25, -0.2) is 4.39 Å². The van der Waals surface area contributed by atoms with Gasteiger partial charge in [0.05, 0.1) is 17.0 Å². The van der Waals surface area contributed by atoms with Crippen molar-refractivity contribution in [2.45, 2.75) is 50.9 Å². The summed E-state index contributed by atoms with van der Waals surface area (Å²) in [4.78, 5) is 7.97. The molecule has 1 aromatic carbocycles. The Labute approximate surface area is 159 Å². The van der Waals surface area contributed by atoms with Crippen molar-refractivity contribution >= 4 is 23.1 Å². The molecule has 1 heterocycles. The van der Waals surface area contributed by atoms with Crippen LogP contribution in [0.5, 0.6) is 0 Å². The van der Waals surface area contributed by atoms with E-state index in [1.807, 2.05) is 12.1 Å². The third kappa shape index (κ3) is 4.08. The minimum atomic E-state index is -0.384. The maximum atomic E-state index is 14.3. The van der Waals surface area contributed by atoms with E-state index in [-0.39, 0.29) is 5.82 Å². The molecule has 0 bridgehead atoms. The van der Waals surface area contributed by atoms with Gasteiger partial charge in [0.15, 0.2) is 5.82 Å². The van der Waals surface area contributed by atoms with Crippen LogP contribution in [-0.4, -0.2) is 10.1 Å². The average Bonchev–Trinajstić information content (AvgIpc) is 3.47.